The van der Waals surface area contributed by atoms with Crippen LogP contribution in [0.3, 0.4) is 0 Å². The molecule has 0 unspecified atom stereocenters. The van der Waals surface area contributed by atoms with E-state index in [1.165, 1.54) is 12.1 Å². The third kappa shape index (κ3) is 4.62. The van der Waals surface area contributed by atoms with Gasteiger partial charge in [-0.25, -0.2) is 9.18 Å². The van der Waals surface area contributed by atoms with Gasteiger partial charge in [0.05, 0.1) is 18.0 Å². The molecular formula is C11H13FN2O3S. The Balaban J connectivity index is 2.42. The zero-order chi connectivity index (χ0) is 13.5. The molecule has 98 valence electrons. The van der Waals surface area contributed by atoms with Crippen molar-refractivity contribution in [2.45, 2.75) is 11.8 Å². The number of thioether (sulfide) groups is 1. The molecular weight excluding hydrogens is 259 g/mol. The fourth-order valence-corrected chi connectivity index (χ4v) is 1.78. The van der Waals surface area contributed by atoms with Crippen molar-refractivity contribution in [3.63, 3.8) is 0 Å². The molecule has 2 amide bonds. The summed E-state index contributed by atoms with van der Waals surface area (Å²) >= 11 is 1.10. The average Bonchev–Trinajstić information content (AvgIpc) is 2.31. The number of amides is 2. The van der Waals surface area contributed by atoms with Crippen molar-refractivity contribution in [3.05, 3.63) is 24.0 Å². The molecule has 1 aromatic carbocycles. The van der Waals surface area contributed by atoms with Gasteiger partial charge < -0.3 is 10.5 Å². The lowest BCUT2D eigenvalue weighted by Crippen LogP contribution is -2.32. The van der Waals surface area contributed by atoms with E-state index in [0.717, 1.165) is 11.8 Å². The van der Waals surface area contributed by atoms with Gasteiger partial charge in [-0.15, -0.1) is 11.8 Å². The number of alkyl carbamates (subject to hydrolysis) is 1. The van der Waals surface area contributed by atoms with E-state index in [-0.39, 0.29) is 18.0 Å². The zero-order valence-corrected chi connectivity index (χ0v) is 10.6. The summed E-state index contributed by atoms with van der Waals surface area (Å²) in [6, 6.07) is 4.25. The van der Waals surface area contributed by atoms with E-state index in [0.29, 0.717) is 4.90 Å². The van der Waals surface area contributed by atoms with Crippen LogP contribution in [-0.2, 0) is 9.53 Å². The van der Waals surface area contributed by atoms with E-state index in [9.17, 15) is 14.0 Å². The summed E-state index contributed by atoms with van der Waals surface area (Å²) in [6.07, 6.45) is -0.786. The minimum atomic E-state index is -0.786. The Kier molecular flexibility index (Phi) is 5.44. The molecule has 0 aliphatic heterocycles. The van der Waals surface area contributed by atoms with Crippen LogP contribution in [0.1, 0.15) is 6.92 Å². The number of benzene rings is 1. The van der Waals surface area contributed by atoms with Crippen LogP contribution >= 0.6 is 11.8 Å². The molecule has 0 atom stereocenters. The summed E-state index contributed by atoms with van der Waals surface area (Å²) < 4.78 is 17.6. The van der Waals surface area contributed by atoms with Crippen LogP contribution in [0.25, 0.3) is 0 Å². The highest BCUT2D eigenvalue weighted by molar-refractivity contribution is 8.00. The largest absolute Gasteiger partial charge is 0.450 e. The zero-order valence-electron chi connectivity index (χ0n) is 9.73. The number of nitrogens with two attached hydrogens (primary N) is 1. The van der Waals surface area contributed by atoms with Gasteiger partial charge in [0.25, 0.3) is 0 Å². The summed E-state index contributed by atoms with van der Waals surface area (Å²) in [4.78, 5) is 22.8. The topological polar surface area (TPSA) is 81.4 Å². The fourth-order valence-electron chi connectivity index (χ4n) is 1.06. The second-order valence-corrected chi connectivity index (χ2v) is 4.29. The fraction of sp³-hybridized carbons (Fsp3) is 0.273. The lowest BCUT2D eigenvalue weighted by atomic mass is 10.3. The molecule has 0 aliphatic carbocycles. The summed E-state index contributed by atoms with van der Waals surface area (Å²) in [6.45, 7) is 1.82. The third-order valence-corrected chi connectivity index (χ3v) is 2.85. The molecule has 0 saturated heterocycles. The molecule has 0 spiro atoms. The standard InChI is InChI=1S/C11H13FN2O3S/c1-2-17-11(16)14-10(15)6-18-7-3-4-9(13)8(12)5-7/h3-5H,2,6,13H2,1H3,(H,14,15,16). The van der Waals surface area contributed by atoms with Crippen molar-refractivity contribution >= 4 is 29.4 Å². The van der Waals surface area contributed by atoms with Gasteiger partial charge in [0.15, 0.2) is 0 Å². The van der Waals surface area contributed by atoms with E-state index >= 15 is 0 Å². The molecule has 5 nitrogen and oxygen atoms in total. The van der Waals surface area contributed by atoms with Crippen LogP contribution in [0, 0.1) is 5.82 Å². The van der Waals surface area contributed by atoms with Crippen LogP contribution in [0.15, 0.2) is 23.1 Å². The maximum atomic E-state index is 13.1. The summed E-state index contributed by atoms with van der Waals surface area (Å²) in [5.41, 5.74) is 5.37. The number of nitrogens with one attached hydrogen (secondary N) is 1. The molecule has 1 aromatic rings. The van der Waals surface area contributed by atoms with E-state index in [1.54, 1.807) is 13.0 Å². The molecule has 0 saturated carbocycles. The van der Waals surface area contributed by atoms with Gasteiger partial charge in [-0.2, -0.15) is 0 Å². The van der Waals surface area contributed by atoms with Crippen LogP contribution in [0.2, 0.25) is 0 Å². The molecule has 0 heterocycles. The Hall–Kier alpha value is -1.76. The minimum absolute atomic E-state index is 0.0117. The summed E-state index contributed by atoms with van der Waals surface area (Å²) in [7, 11) is 0. The van der Waals surface area contributed by atoms with Gasteiger partial charge in [0.2, 0.25) is 5.91 Å². The molecule has 1 rings (SSSR count). The van der Waals surface area contributed by atoms with Gasteiger partial charge in [-0.3, -0.25) is 10.1 Å². The van der Waals surface area contributed by atoms with Gasteiger partial charge >= 0.3 is 6.09 Å². The monoisotopic (exact) mass is 272 g/mol. The molecule has 18 heavy (non-hydrogen) atoms. The highest BCUT2D eigenvalue weighted by Crippen LogP contribution is 2.21. The Morgan fingerprint density at radius 2 is 2.22 bits per heavy atom. The number of hydrogen-bond acceptors (Lipinski definition) is 5. The number of rotatable bonds is 4. The van der Waals surface area contributed by atoms with Gasteiger partial charge in [-0.05, 0) is 25.1 Å². The molecule has 0 radical (unpaired) electrons. The molecule has 0 fully saturated rings. The van der Waals surface area contributed by atoms with Crippen molar-refractivity contribution in [2.75, 3.05) is 18.1 Å². The Bertz CT molecular complexity index is 454. The summed E-state index contributed by atoms with van der Waals surface area (Å²) in [5.74, 6) is -1.05. The predicted octanol–water partition coefficient (Wildman–Crippen LogP) is 1.77. The number of halogens is 1. The van der Waals surface area contributed by atoms with Crippen molar-refractivity contribution in [3.8, 4) is 0 Å². The van der Waals surface area contributed by atoms with Crippen LogP contribution < -0.4 is 11.1 Å². The minimum Gasteiger partial charge on any atom is -0.450 e. The number of carbonyl (C=O) groups is 2. The van der Waals surface area contributed by atoms with Crippen LogP contribution in [0.5, 0.6) is 0 Å². The van der Waals surface area contributed by atoms with Gasteiger partial charge in [-0.1, -0.05) is 0 Å². The third-order valence-electron chi connectivity index (χ3n) is 1.86. The van der Waals surface area contributed by atoms with Gasteiger partial charge in [0.1, 0.15) is 5.82 Å². The number of carbonyl (C=O) groups excluding carboxylic acids is 2. The maximum absolute atomic E-state index is 13.1. The molecule has 0 aromatic heterocycles. The Labute approximate surface area is 108 Å². The summed E-state index contributed by atoms with van der Waals surface area (Å²) in [5, 5.41) is 2.04. The normalized spacial score (nSPS) is 9.89. The van der Waals surface area contributed by atoms with E-state index in [1.807, 2.05) is 5.32 Å². The first-order chi connectivity index (χ1) is 8.52. The smallest absolute Gasteiger partial charge is 0.413 e. The van der Waals surface area contributed by atoms with Crippen molar-refractivity contribution in [1.29, 1.82) is 0 Å². The number of anilines is 1. The van der Waals surface area contributed by atoms with E-state index < -0.39 is 17.8 Å². The maximum Gasteiger partial charge on any atom is 0.413 e. The van der Waals surface area contributed by atoms with E-state index in [4.69, 9.17) is 5.73 Å². The van der Waals surface area contributed by atoms with Crippen LogP contribution in [0.4, 0.5) is 14.9 Å². The first kappa shape index (κ1) is 14.3. The lowest BCUT2D eigenvalue weighted by molar-refractivity contribution is -0.117. The van der Waals surface area contributed by atoms with Crippen molar-refractivity contribution < 1.29 is 18.7 Å². The highest BCUT2D eigenvalue weighted by atomic mass is 32.2. The highest BCUT2D eigenvalue weighted by Gasteiger charge is 2.09. The van der Waals surface area contributed by atoms with Gasteiger partial charge in [0, 0.05) is 4.90 Å². The molecule has 0 aliphatic rings. The Morgan fingerprint density at radius 1 is 1.50 bits per heavy atom. The van der Waals surface area contributed by atoms with Crippen molar-refractivity contribution in [1.82, 2.24) is 5.32 Å². The number of ether oxygens (including phenoxy) is 1. The average molecular weight is 272 g/mol. The Morgan fingerprint density at radius 3 is 2.83 bits per heavy atom. The number of hydrogen-bond donors (Lipinski definition) is 2. The quantitative estimate of drug-likeness (QED) is 0.645. The number of nitrogen functional groups attached to an aromatic ring is 1. The second kappa shape index (κ2) is 6.85. The number of imide groups is 1. The molecule has 7 heteroatoms. The first-order valence-electron chi connectivity index (χ1n) is 5.17. The SMILES string of the molecule is CCOC(=O)NC(=O)CSc1ccc(N)c(F)c1. The predicted molar refractivity (Wildman–Crippen MR) is 66.7 cm³/mol. The first-order valence-corrected chi connectivity index (χ1v) is 6.16. The van der Waals surface area contributed by atoms with E-state index in [2.05, 4.69) is 4.74 Å². The molecule has 3 N–H and O–H groups in total. The lowest BCUT2D eigenvalue weighted by Gasteiger charge is -2.04. The van der Waals surface area contributed by atoms with Crippen molar-refractivity contribution in [2.24, 2.45) is 0 Å². The van der Waals surface area contributed by atoms with Crippen LogP contribution in [-0.4, -0.2) is 24.4 Å². The molecule has 0 bridgehead atoms. The second-order valence-electron chi connectivity index (χ2n) is 3.24.